The lowest BCUT2D eigenvalue weighted by molar-refractivity contribution is -0.116. The van der Waals surface area contributed by atoms with Gasteiger partial charge in [-0.2, -0.15) is 0 Å². The Balaban J connectivity index is 2.68. The number of aryl methyl sites for hydroxylation is 1. The van der Waals surface area contributed by atoms with Crippen LogP contribution >= 0.6 is 0 Å². The zero-order valence-electron chi connectivity index (χ0n) is 9.46. The Kier molecular flexibility index (Phi) is 2.77. The first-order chi connectivity index (χ1) is 7.63. The van der Waals surface area contributed by atoms with Crippen LogP contribution in [0.25, 0.3) is 10.9 Å². The predicted octanol–water partition coefficient (Wildman–Crippen LogP) is 2.93. The van der Waals surface area contributed by atoms with Gasteiger partial charge in [0.1, 0.15) is 11.6 Å². The molecule has 2 nitrogen and oxygen atoms in total. The van der Waals surface area contributed by atoms with Gasteiger partial charge in [0, 0.05) is 24.5 Å². The van der Waals surface area contributed by atoms with Crippen molar-refractivity contribution in [3.63, 3.8) is 0 Å². The number of rotatable bonds is 3. The molecule has 0 unspecified atom stereocenters. The van der Waals surface area contributed by atoms with Crippen molar-refractivity contribution in [2.24, 2.45) is 0 Å². The summed E-state index contributed by atoms with van der Waals surface area (Å²) in [6.45, 7) is 4.22. The molecule has 0 bridgehead atoms. The third kappa shape index (κ3) is 1.73. The highest BCUT2D eigenvalue weighted by atomic mass is 19.1. The summed E-state index contributed by atoms with van der Waals surface area (Å²) in [5.41, 5.74) is 1.50. The van der Waals surface area contributed by atoms with E-state index in [1.165, 1.54) is 6.07 Å². The molecule has 84 valence electrons. The number of para-hydroxylation sites is 1. The zero-order chi connectivity index (χ0) is 11.7. The number of nitrogens with zero attached hydrogens (tertiary/aromatic N) is 1. The van der Waals surface area contributed by atoms with Crippen LogP contribution in [0.1, 0.15) is 19.4 Å². The SMILES string of the molecule is CCn1cc(CC(C)=O)c2cccc(F)c21. The van der Waals surface area contributed by atoms with E-state index in [-0.39, 0.29) is 11.6 Å². The van der Waals surface area contributed by atoms with Crippen LogP contribution in [0, 0.1) is 5.82 Å². The number of hydrogen-bond acceptors (Lipinski definition) is 1. The Morgan fingerprint density at radius 1 is 1.44 bits per heavy atom. The summed E-state index contributed by atoms with van der Waals surface area (Å²) < 4.78 is 15.5. The number of aromatic nitrogens is 1. The standard InChI is InChI=1S/C13H14FNO/c1-3-15-8-10(7-9(2)16)11-5-4-6-12(14)13(11)15/h4-6,8H,3,7H2,1-2H3. The first-order valence-electron chi connectivity index (χ1n) is 5.39. The van der Waals surface area contributed by atoms with E-state index in [0.717, 1.165) is 10.9 Å². The second-order valence-electron chi connectivity index (χ2n) is 3.96. The minimum atomic E-state index is -0.228. The zero-order valence-corrected chi connectivity index (χ0v) is 9.46. The summed E-state index contributed by atoms with van der Waals surface area (Å²) in [5.74, 6) is -0.131. The van der Waals surface area contributed by atoms with Gasteiger partial charge in [-0.3, -0.25) is 4.79 Å². The second kappa shape index (κ2) is 4.08. The normalized spacial score (nSPS) is 10.9. The molecule has 0 saturated carbocycles. The molecular weight excluding hydrogens is 205 g/mol. The Labute approximate surface area is 93.7 Å². The molecule has 0 radical (unpaired) electrons. The molecule has 1 aromatic carbocycles. The number of carbonyl (C=O) groups excluding carboxylic acids is 1. The van der Waals surface area contributed by atoms with E-state index >= 15 is 0 Å². The lowest BCUT2D eigenvalue weighted by atomic mass is 10.1. The van der Waals surface area contributed by atoms with Gasteiger partial charge in [0.25, 0.3) is 0 Å². The lowest BCUT2D eigenvalue weighted by Crippen LogP contribution is -1.95. The van der Waals surface area contributed by atoms with E-state index in [1.807, 2.05) is 23.8 Å². The van der Waals surface area contributed by atoms with Crippen LogP contribution in [-0.2, 0) is 17.8 Å². The Hall–Kier alpha value is -1.64. The fourth-order valence-corrected chi connectivity index (χ4v) is 2.05. The van der Waals surface area contributed by atoms with Crippen molar-refractivity contribution in [1.29, 1.82) is 0 Å². The van der Waals surface area contributed by atoms with Crippen molar-refractivity contribution in [3.8, 4) is 0 Å². The molecule has 2 rings (SSSR count). The first kappa shape index (κ1) is 10.9. The molecule has 1 heterocycles. The van der Waals surface area contributed by atoms with E-state index in [9.17, 15) is 9.18 Å². The van der Waals surface area contributed by atoms with Crippen LogP contribution < -0.4 is 0 Å². The van der Waals surface area contributed by atoms with Gasteiger partial charge in [0.2, 0.25) is 0 Å². The van der Waals surface area contributed by atoms with Gasteiger partial charge in [-0.1, -0.05) is 12.1 Å². The maximum atomic E-state index is 13.7. The van der Waals surface area contributed by atoms with Crippen LogP contribution in [0.15, 0.2) is 24.4 Å². The highest BCUT2D eigenvalue weighted by molar-refractivity contribution is 5.89. The Bertz CT molecular complexity index is 542. The topological polar surface area (TPSA) is 22.0 Å². The number of ketones is 1. The minimum Gasteiger partial charge on any atom is -0.345 e. The fraction of sp³-hybridized carbons (Fsp3) is 0.308. The summed E-state index contributed by atoms with van der Waals surface area (Å²) in [6.07, 6.45) is 2.24. The molecule has 1 aromatic heterocycles. The molecule has 0 amide bonds. The van der Waals surface area contributed by atoms with Crippen LogP contribution in [0.3, 0.4) is 0 Å². The summed E-state index contributed by atoms with van der Waals surface area (Å²) in [6, 6.07) is 5.00. The summed E-state index contributed by atoms with van der Waals surface area (Å²) in [5, 5.41) is 0.844. The van der Waals surface area contributed by atoms with Crippen molar-refractivity contribution in [1.82, 2.24) is 4.57 Å². The third-order valence-electron chi connectivity index (χ3n) is 2.71. The molecule has 0 aliphatic rings. The van der Waals surface area contributed by atoms with Crippen molar-refractivity contribution in [2.45, 2.75) is 26.8 Å². The molecule has 16 heavy (non-hydrogen) atoms. The molecule has 0 aliphatic carbocycles. The van der Waals surface area contributed by atoms with Gasteiger partial charge in [0.05, 0.1) is 5.52 Å². The lowest BCUT2D eigenvalue weighted by Gasteiger charge is -2.00. The van der Waals surface area contributed by atoms with Crippen LogP contribution in [0.4, 0.5) is 4.39 Å². The van der Waals surface area contributed by atoms with Gasteiger partial charge < -0.3 is 4.57 Å². The number of benzene rings is 1. The molecule has 0 fully saturated rings. The highest BCUT2D eigenvalue weighted by Gasteiger charge is 2.12. The summed E-state index contributed by atoms with van der Waals surface area (Å²) in [7, 11) is 0. The van der Waals surface area contributed by atoms with Crippen molar-refractivity contribution in [2.75, 3.05) is 0 Å². The quantitative estimate of drug-likeness (QED) is 0.778. The molecular formula is C13H14FNO. The molecule has 0 atom stereocenters. The van der Waals surface area contributed by atoms with Gasteiger partial charge in [-0.25, -0.2) is 4.39 Å². The average molecular weight is 219 g/mol. The van der Waals surface area contributed by atoms with Crippen molar-refractivity contribution < 1.29 is 9.18 Å². The van der Waals surface area contributed by atoms with E-state index in [0.29, 0.717) is 18.5 Å². The van der Waals surface area contributed by atoms with E-state index < -0.39 is 0 Å². The first-order valence-corrected chi connectivity index (χ1v) is 5.39. The van der Waals surface area contributed by atoms with Gasteiger partial charge >= 0.3 is 0 Å². The summed E-state index contributed by atoms with van der Waals surface area (Å²) in [4.78, 5) is 11.1. The van der Waals surface area contributed by atoms with E-state index in [4.69, 9.17) is 0 Å². The molecule has 0 N–H and O–H groups in total. The molecule has 0 spiro atoms. The van der Waals surface area contributed by atoms with Crippen LogP contribution in [-0.4, -0.2) is 10.4 Å². The number of hydrogen-bond donors (Lipinski definition) is 0. The summed E-state index contributed by atoms with van der Waals surface area (Å²) >= 11 is 0. The smallest absolute Gasteiger partial charge is 0.147 e. The Morgan fingerprint density at radius 3 is 2.81 bits per heavy atom. The monoisotopic (exact) mass is 219 g/mol. The van der Waals surface area contributed by atoms with Gasteiger partial charge in [0.15, 0.2) is 0 Å². The number of halogens is 1. The average Bonchev–Trinajstić information content (AvgIpc) is 2.57. The maximum Gasteiger partial charge on any atom is 0.147 e. The molecule has 0 aliphatic heterocycles. The highest BCUT2D eigenvalue weighted by Crippen LogP contribution is 2.24. The van der Waals surface area contributed by atoms with Gasteiger partial charge in [-0.15, -0.1) is 0 Å². The molecule has 3 heteroatoms. The Morgan fingerprint density at radius 2 is 2.19 bits per heavy atom. The minimum absolute atomic E-state index is 0.0967. The predicted molar refractivity (Wildman–Crippen MR) is 62.0 cm³/mol. The van der Waals surface area contributed by atoms with Crippen molar-refractivity contribution in [3.05, 3.63) is 35.8 Å². The molecule has 0 saturated heterocycles. The number of carbonyl (C=O) groups is 1. The fourth-order valence-electron chi connectivity index (χ4n) is 2.05. The molecule has 2 aromatic rings. The van der Waals surface area contributed by atoms with Gasteiger partial charge in [-0.05, 0) is 25.5 Å². The van der Waals surface area contributed by atoms with E-state index in [2.05, 4.69) is 0 Å². The number of Topliss-reactive ketones (excluding diaryl/α,β-unsaturated/α-hetero) is 1. The third-order valence-corrected chi connectivity index (χ3v) is 2.71. The van der Waals surface area contributed by atoms with E-state index in [1.54, 1.807) is 13.0 Å². The number of fused-ring (bicyclic) bond motifs is 1. The largest absolute Gasteiger partial charge is 0.345 e. The van der Waals surface area contributed by atoms with Crippen molar-refractivity contribution >= 4 is 16.7 Å². The van der Waals surface area contributed by atoms with Crippen LogP contribution in [0.2, 0.25) is 0 Å². The van der Waals surface area contributed by atoms with Crippen LogP contribution in [0.5, 0.6) is 0 Å². The second-order valence-corrected chi connectivity index (χ2v) is 3.96. The maximum absolute atomic E-state index is 13.7.